The van der Waals surface area contributed by atoms with Crippen LogP contribution in [0.2, 0.25) is 0 Å². The van der Waals surface area contributed by atoms with E-state index in [1.165, 1.54) is 263 Å². The molecule has 7 saturated carbocycles. The van der Waals surface area contributed by atoms with Crippen molar-refractivity contribution in [2.45, 2.75) is 394 Å². The van der Waals surface area contributed by atoms with Crippen molar-refractivity contribution in [1.82, 2.24) is 0 Å². The molecule has 0 aromatic rings. The van der Waals surface area contributed by atoms with E-state index >= 15 is 0 Å². The lowest BCUT2D eigenvalue weighted by atomic mass is 9.83. The van der Waals surface area contributed by atoms with Crippen LogP contribution in [0.5, 0.6) is 0 Å². The van der Waals surface area contributed by atoms with Gasteiger partial charge < -0.3 is 54.3 Å². The first-order valence-corrected chi connectivity index (χ1v) is 45.7. The van der Waals surface area contributed by atoms with Gasteiger partial charge in [-0.1, -0.05) is 236 Å². The van der Waals surface area contributed by atoms with Crippen molar-refractivity contribution in [1.29, 1.82) is 0 Å². The average molecular weight is 1450 g/mol. The van der Waals surface area contributed by atoms with Crippen molar-refractivity contribution in [3.8, 4) is 0 Å². The van der Waals surface area contributed by atoms with Gasteiger partial charge in [0.1, 0.15) is 42.2 Å². The third kappa shape index (κ3) is 29.9. The lowest BCUT2D eigenvalue weighted by molar-refractivity contribution is -0.183. The molecule has 8 fully saturated rings. The molecule has 0 amide bonds. The van der Waals surface area contributed by atoms with Crippen LogP contribution in [0.25, 0.3) is 0 Å². The predicted octanol–water partition coefficient (Wildman–Crippen LogP) is 21.0. The topological polar surface area (TPSA) is 168 Å². The molecule has 1 heterocycles. The number of aliphatic hydroxyl groups is 6. The Morgan fingerprint density at radius 3 is 1.02 bits per heavy atom. The molecule has 11 nitrogen and oxygen atoms in total. The van der Waals surface area contributed by atoms with Gasteiger partial charge in [-0.05, 0) is 246 Å². The highest BCUT2D eigenvalue weighted by Crippen LogP contribution is 2.50. The Balaban J connectivity index is 0.746. The SMILES string of the molecule is CC1CCCC2CCC(C2)C(C)CCCC(C)CCC(C)CCCC(C)C2CCC(C2)C2CCC(CCOCC(COC3C(O)C(O)C(O)C3(O)CO)OCCC(C)CCCC3CCC(C3)C(C)CCCC(C)CCC(C)CCCC(C)C3CCC(C3)C3CCC(CCOCC(CO)OCC1)C3)C2. The summed E-state index contributed by atoms with van der Waals surface area (Å²) in [5.41, 5.74) is -2.18. The van der Waals surface area contributed by atoms with Gasteiger partial charge in [0.15, 0.2) is 0 Å². The summed E-state index contributed by atoms with van der Waals surface area (Å²) in [5, 5.41) is 63.2. The Morgan fingerprint density at radius 2 is 0.621 bits per heavy atom. The average Bonchev–Trinajstić information content (AvgIpc) is 1.62. The second-order valence-corrected chi connectivity index (χ2v) is 39.5. The number of ether oxygens (including phenoxy) is 5. The Labute approximate surface area is 634 Å². The summed E-state index contributed by atoms with van der Waals surface area (Å²) in [7, 11) is 0. The molecule has 0 aromatic carbocycles. The van der Waals surface area contributed by atoms with Gasteiger partial charge in [-0.3, -0.25) is 0 Å². The maximum atomic E-state index is 11.1. The number of aliphatic hydroxyl groups excluding tert-OH is 5. The summed E-state index contributed by atoms with van der Waals surface area (Å²) in [6, 6.07) is 0. The highest BCUT2D eigenvalue weighted by atomic mass is 16.6. The van der Waals surface area contributed by atoms with Gasteiger partial charge in [0, 0.05) is 26.4 Å². The van der Waals surface area contributed by atoms with E-state index in [-0.39, 0.29) is 19.3 Å². The largest absolute Gasteiger partial charge is 0.394 e. The standard InChI is InChI=1S/C92H170O11/c1-64-17-11-23-70(7)78-37-33-74(53-78)27-15-21-68(5)45-51-101-86(59-93)60-99-49-47-76-35-39-82(55-76)84-43-41-80(57-84)72(9)25-13-19-66(3)31-30-65(2)18-12-24-71(8)79-38-34-75(54-79)28-16-22-69(6)46-52-102-87(62-103-91-89(96)88(95)90(97)92(91,98)63-94)61-100-50-48-77-36-40-83(56-77)85-44-42-81(58-85)73(10)26-14-20-67(4)32-29-64/h64-91,93-98H,11-63H2,1-10H3. The van der Waals surface area contributed by atoms with E-state index in [0.29, 0.717) is 44.2 Å². The zero-order valence-electron chi connectivity index (χ0n) is 68.9. The van der Waals surface area contributed by atoms with Crippen LogP contribution in [-0.4, -0.2) is 132 Å². The van der Waals surface area contributed by atoms with Crippen molar-refractivity contribution in [3.05, 3.63) is 0 Å². The molecule has 8 aliphatic rings. The summed E-state index contributed by atoms with van der Waals surface area (Å²) < 4.78 is 31.4. The minimum absolute atomic E-state index is 0.00971. The first-order valence-electron chi connectivity index (χ1n) is 45.7. The molecular weight excluding hydrogens is 1280 g/mol. The van der Waals surface area contributed by atoms with E-state index in [4.69, 9.17) is 23.7 Å². The maximum absolute atomic E-state index is 11.1. The molecular formula is C92H170O11. The number of hydrogen-bond acceptors (Lipinski definition) is 11. The number of hydrogen-bond donors (Lipinski definition) is 6. The number of fused-ring (bicyclic) bond motifs is 14. The summed E-state index contributed by atoms with van der Waals surface area (Å²) in [6.07, 6.45) is 52.8. The summed E-state index contributed by atoms with van der Waals surface area (Å²) >= 11 is 0. The molecule has 6 N–H and O–H groups in total. The number of rotatable bonds is 5. The van der Waals surface area contributed by atoms with E-state index in [0.717, 1.165) is 145 Å². The van der Waals surface area contributed by atoms with Crippen LogP contribution >= 0.6 is 0 Å². The van der Waals surface area contributed by atoms with Crippen LogP contribution in [-0.2, 0) is 23.7 Å². The van der Waals surface area contributed by atoms with Crippen LogP contribution in [0.4, 0.5) is 0 Å². The maximum Gasteiger partial charge on any atom is 0.145 e. The second kappa shape index (κ2) is 47.2. The van der Waals surface area contributed by atoms with Gasteiger partial charge in [-0.15, -0.1) is 0 Å². The molecule has 604 valence electrons. The monoisotopic (exact) mass is 1450 g/mol. The van der Waals surface area contributed by atoms with Gasteiger partial charge in [0.2, 0.25) is 0 Å². The Bertz CT molecular complexity index is 2180. The minimum Gasteiger partial charge on any atom is -0.394 e. The Kier molecular flexibility index (Phi) is 40.4. The molecule has 0 aromatic heterocycles. The van der Waals surface area contributed by atoms with E-state index < -0.39 is 42.7 Å². The van der Waals surface area contributed by atoms with Crippen LogP contribution < -0.4 is 0 Å². The first kappa shape index (κ1) is 88.1. The Morgan fingerprint density at radius 1 is 0.311 bits per heavy atom. The molecule has 29 atom stereocenters. The Hall–Kier alpha value is -0.440. The summed E-state index contributed by atoms with van der Waals surface area (Å²) in [6.45, 7) is 28.0. The smallest absolute Gasteiger partial charge is 0.145 e. The second-order valence-electron chi connectivity index (χ2n) is 39.5. The van der Waals surface area contributed by atoms with Gasteiger partial charge in [0.05, 0.1) is 33.0 Å². The van der Waals surface area contributed by atoms with Crippen molar-refractivity contribution in [2.75, 3.05) is 59.5 Å². The van der Waals surface area contributed by atoms with Crippen molar-refractivity contribution in [2.24, 2.45) is 130 Å². The van der Waals surface area contributed by atoms with E-state index in [1.807, 2.05) is 0 Å². The van der Waals surface area contributed by atoms with Gasteiger partial charge in [0.25, 0.3) is 0 Å². The van der Waals surface area contributed by atoms with E-state index in [9.17, 15) is 30.6 Å². The molecule has 0 spiro atoms. The highest BCUT2D eigenvalue weighted by molar-refractivity contribution is 5.10. The fourth-order valence-electron chi connectivity index (χ4n) is 22.9. The van der Waals surface area contributed by atoms with Crippen LogP contribution in [0.3, 0.4) is 0 Å². The van der Waals surface area contributed by atoms with E-state index in [1.54, 1.807) is 0 Å². The minimum atomic E-state index is -2.18. The molecule has 29 unspecified atom stereocenters. The van der Waals surface area contributed by atoms with Crippen molar-refractivity contribution < 1.29 is 54.3 Å². The van der Waals surface area contributed by atoms with Gasteiger partial charge in [-0.2, -0.15) is 0 Å². The highest BCUT2D eigenvalue weighted by Gasteiger charge is 2.60. The van der Waals surface area contributed by atoms with Gasteiger partial charge in [-0.25, -0.2) is 0 Å². The van der Waals surface area contributed by atoms with Gasteiger partial charge >= 0.3 is 0 Å². The van der Waals surface area contributed by atoms with Crippen molar-refractivity contribution in [3.63, 3.8) is 0 Å². The molecule has 0 radical (unpaired) electrons. The third-order valence-electron chi connectivity index (χ3n) is 31.0. The van der Waals surface area contributed by atoms with Crippen LogP contribution in [0, 0.1) is 130 Å². The first-order chi connectivity index (χ1) is 49.7. The lowest BCUT2D eigenvalue weighted by Gasteiger charge is -2.32. The third-order valence-corrected chi connectivity index (χ3v) is 31.0. The molecule has 1 saturated heterocycles. The fourth-order valence-corrected chi connectivity index (χ4v) is 22.9. The summed E-state index contributed by atoms with van der Waals surface area (Å²) in [5.74, 6) is 18.4. The zero-order chi connectivity index (χ0) is 73.7. The molecule has 12 bridgehead atoms. The normalized spacial score (nSPS) is 44.7. The predicted molar refractivity (Wildman–Crippen MR) is 425 cm³/mol. The van der Waals surface area contributed by atoms with Crippen LogP contribution in [0.15, 0.2) is 0 Å². The molecule has 8 rings (SSSR count). The van der Waals surface area contributed by atoms with E-state index in [2.05, 4.69) is 69.2 Å². The van der Waals surface area contributed by atoms with Crippen molar-refractivity contribution >= 4 is 0 Å². The zero-order valence-corrected chi connectivity index (χ0v) is 68.9. The molecule has 1 aliphatic heterocycles. The van der Waals surface area contributed by atoms with Crippen LogP contribution in [0.1, 0.15) is 352 Å². The lowest BCUT2D eigenvalue weighted by Crippen LogP contribution is -2.53. The molecule has 7 aliphatic carbocycles. The summed E-state index contributed by atoms with van der Waals surface area (Å²) in [4.78, 5) is 0. The quantitative estimate of drug-likeness (QED) is 0.155. The molecule has 103 heavy (non-hydrogen) atoms. The molecule has 11 heteroatoms. The fraction of sp³-hybridized carbons (Fsp3) is 1.00.